The van der Waals surface area contributed by atoms with Crippen molar-refractivity contribution in [1.29, 1.82) is 0 Å². The highest BCUT2D eigenvalue weighted by Crippen LogP contribution is 2.25. The van der Waals surface area contributed by atoms with Gasteiger partial charge in [0.25, 0.3) is 0 Å². The molecule has 5 rings (SSSR count). The van der Waals surface area contributed by atoms with Crippen molar-refractivity contribution in [2.45, 2.75) is 38.3 Å². The van der Waals surface area contributed by atoms with Gasteiger partial charge in [0.1, 0.15) is 5.82 Å². The van der Waals surface area contributed by atoms with Crippen LogP contribution in [0.1, 0.15) is 31.2 Å². The molecule has 0 saturated carbocycles. The Morgan fingerprint density at radius 2 is 1.79 bits per heavy atom. The van der Waals surface area contributed by atoms with Gasteiger partial charge >= 0.3 is 0 Å². The standard InChI is InChI=1S/C26H32N6O/c27-25-16-19(5-11-29-25)18-31-12-6-20(7-13-31)26(33)32-14-8-22(9-15-32)30-23-3-4-24-21(17-23)2-1-10-28-24/h1-5,10-11,16-17,20,22,30H,6-9,12-15,18H2,(H2,27,29). The first-order chi connectivity index (χ1) is 16.1. The highest BCUT2D eigenvalue weighted by molar-refractivity contribution is 5.82. The number of fused-ring (bicyclic) bond motifs is 1. The van der Waals surface area contributed by atoms with E-state index in [4.69, 9.17) is 5.73 Å². The summed E-state index contributed by atoms with van der Waals surface area (Å²) in [5, 5.41) is 4.81. The number of anilines is 2. The Kier molecular flexibility index (Phi) is 6.39. The van der Waals surface area contributed by atoms with E-state index in [2.05, 4.69) is 49.4 Å². The molecule has 0 aliphatic carbocycles. The van der Waals surface area contributed by atoms with Crippen LogP contribution in [-0.2, 0) is 11.3 Å². The van der Waals surface area contributed by atoms with Crippen LogP contribution in [0, 0.1) is 5.92 Å². The van der Waals surface area contributed by atoms with E-state index < -0.39 is 0 Å². The van der Waals surface area contributed by atoms with Crippen LogP contribution in [0.4, 0.5) is 11.5 Å². The molecule has 3 aromatic rings. The number of benzene rings is 1. The number of likely N-dealkylation sites (tertiary alicyclic amines) is 2. The Bertz CT molecular complexity index is 1100. The maximum Gasteiger partial charge on any atom is 0.225 e. The summed E-state index contributed by atoms with van der Waals surface area (Å²) in [5.41, 5.74) is 9.12. The molecule has 2 aliphatic heterocycles. The first-order valence-corrected chi connectivity index (χ1v) is 12.0. The Morgan fingerprint density at radius 1 is 0.970 bits per heavy atom. The Labute approximate surface area is 195 Å². The molecule has 2 aliphatic rings. The first kappa shape index (κ1) is 21.6. The summed E-state index contributed by atoms with van der Waals surface area (Å²) in [6, 6.07) is 14.7. The third-order valence-corrected chi connectivity index (χ3v) is 6.97. The van der Waals surface area contributed by atoms with E-state index in [1.165, 1.54) is 5.56 Å². The number of carbonyl (C=O) groups is 1. The number of hydrogen-bond donors (Lipinski definition) is 2. The number of nitrogens with zero attached hydrogens (tertiary/aromatic N) is 4. The van der Waals surface area contributed by atoms with E-state index in [0.29, 0.717) is 17.8 Å². The molecular weight excluding hydrogens is 412 g/mol. The van der Waals surface area contributed by atoms with Crippen LogP contribution in [0.3, 0.4) is 0 Å². The van der Waals surface area contributed by atoms with Gasteiger partial charge in [-0.3, -0.25) is 14.7 Å². The number of carbonyl (C=O) groups excluding carboxylic acids is 1. The van der Waals surface area contributed by atoms with Crippen LogP contribution < -0.4 is 11.1 Å². The number of aromatic nitrogens is 2. The molecule has 2 saturated heterocycles. The number of pyridine rings is 2. The summed E-state index contributed by atoms with van der Waals surface area (Å²) in [5.74, 6) is 1.06. The van der Waals surface area contributed by atoms with E-state index in [1.54, 1.807) is 6.20 Å². The monoisotopic (exact) mass is 444 g/mol. The van der Waals surface area contributed by atoms with Gasteiger partial charge in [-0.1, -0.05) is 6.07 Å². The molecule has 1 aromatic carbocycles. The number of nitrogen functional groups attached to an aromatic ring is 1. The predicted molar refractivity (Wildman–Crippen MR) is 132 cm³/mol. The molecule has 0 unspecified atom stereocenters. The molecule has 0 radical (unpaired) electrons. The number of amides is 1. The maximum atomic E-state index is 13.1. The lowest BCUT2D eigenvalue weighted by Crippen LogP contribution is -2.47. The van der Waals surface area contributed by atoms with Crippen LogP contribution in [-0.4, -0.2) is 57.9 Å². The van der Waals surface area contributed by atoms with Gasteiger partial charge in [0.15, 0.2) is 0 Å². The smallest absolute Gasteiger partial charge is 0.225 e. The topological polar surface area (TPSA) is 87.4 Å². The van der Waals surface area contributed by atoms with Crippen LogP contribution in [0.2, 0.25) is 0 Å². The number of hydrogen-bond acceptors (Lipinski definition) is 6. The van der Waals surface area contributed by atoms with Crippen molar-refractivity contribution < 1.29 is 4.79 Å². The highest BCUT2D eigenvalue weighted by Gasteiger charge is 2.31. The molecule has 0 bridgehead atoms. The molecule has 172 valence electrons. The number of nitrogens with one attached hydrogen (secondary N) is 1. The minimum absolute atomic E-state index is 0.154. The molecule has 0 atom stereocenters. The molecule has 33 heavy (non-hydrogen) atoms. The fourth-order valence-electron chi connectivity index (χ4n) is 5.09. The first-order valence-electron chi connectivity index (χ1n) is 12.0. The molecule has 3 N–H and O–H groups in total. The molecule has 4 heterocycles. The van der Waals surface area contributed by atoms with E-state index >= 15 is 0 Å². The fourth-order valence-corrected chi connectivity index (χ4v) is 5.09. The van der Waals surface area contributed by atoms with E-state index in [-0.39, 0.29) is 5.92 Å². The van der Waals surface area contributed by atoms with Gasteiger partial charge in [-0.25, -0.2) is 4.98 Å². The van der Waals surface area contributed by atoms with Crippen molar-refractivity contribution in [3.8, 4) is 0 Å². The van der Waals surface area contributed by atoms with Gasteiger partial charge in [-0.05, 0) is 80.7 Å². The number of rotatable bonds is 5. The second-order valence-corrected chi connectivity index (χ2v) is 9.29. The zero-order valence-corrected chi connectivity index (χ0v) is 19.0. The average Bonchev–Trinajstić information content (AvgIpc) is 2.85. The number of nitrogens with two attached hydrogens (primary N) is 1. The lowest BCUT2D eigenvalue weighted by atomic mass is 9.93. The summed E-state index contributed by atoms with van der Waals surface area (Å²) in [4.78, 5) is 26.1. The third-order valence-electron chi connectivity index (χ3n) is 6.97. The quantitative estimate of drug-likeness (QED) is 0.626. The van der Waals surface area contributed by atoms with E-state index in [1.807, 2.05) is 24.4 Å². The van der Waals surface area contributed by atoms with Gasteiger partial charge in [0.05, 0.1) is 5.52 Å². The zero-order valence-electron chi connectivity index (χ0n) is 19.0. The molecule has 0 spiro atoms. The lowest BCUT2D eigenvalue weighted by molar-refractivity contribution is -0.138. The molecule has 7 nitrogen and oxygen atoms in total. The van der Waals surface area contributed by atoms with Gasteiger partial charge < -0.3 is 16.0 Å². The second kappa shape index (κ2) is 9.75. The van der Waals surface area contributed by atoms with Crippen molar-refractivity contribution in [2.75, 3.05) is 37.2 Å². The van der Waals surface area contributed by atoms with Gasteiger partial charge in [-0.2, -0.15) is 0 Å². The lowest BCUT2D eigenvalue weighted by Gasteiger charge is -2.37. The van der Waals surface area contributed by atoms with Crippen LogP contribution >= 0.6 is 0 Å². The normalized spacial score (nSPS) is 18.5. The Balaban J connectivity index is 1.08. The van der Waals surface area contributed by atoms with Crippen molar-refractivity contribution in [3.63, 3.8) is 0 Å². The Hall–Kier alpha value is -3.19. The Morgan fingerprint density at radius 3 is 2.58 bits per heavy atom. The maximum absolute atomic E-state index is 13.1. The SMILES string of the molecule is Nc1cc(CN2CCC(C(=O)N3CCC(Nc4ccc5ncccc5c4)CC3)CC2)ccn1. The number of piperidine rings is 2. The molecular formula is C26H32N6O. The van der Waals surface area contributed by atoms with E-state index in [9.17, 15) is 4.79 Å². The summed E-state index contributed by atoms with van der Waals surface area (Å²) in [6.07, 6.45) is 7.42. The van der Waals surface area contributed by atoms with Crippen molar-refractivity contribution in [2.24, 2.45) is 5.92 Å². The predicted octanol–water partition coefficient (Wildman–Crippen LogP) is 3.53. The summed E-state index contributed by atoms with van der Waals surface area (Å²) >= 11 is 0. The summed E-state index contributed by atoms with van der Waals surface area (Å²) in [7, 11) is 0. The van der Waals surface area contributed by atoms with E-state index in [0.717, 1.165) is 75.0 Å². The average molecular weight is 445 g/mol. The largest absolute Gasteiger partial charge is 0.384 e. The van der Waals surface area contributed by atoms with Gasteiger partial charge in [0.2, 0.25) is 5.91 Å². The van der Waals surface area contributed by atoms with Crippen molar-refractivity contribution >= 4 is 28.3 Å². The van der Waals surface area contributed by atoms with Gasteiger partial charge in [0, 0.05) is 55.1 Å². The molecule has 2 fully saturated rings. The van der Waals surface area contributed by atoms with Crippen LogP contribution in [0.5, 0.6) is 0 Å². The van der Waals surface area contributed by atoms with Crippen molar-refractivity contribution in [1.82, 2.24) is 19.8 Å². The minimum Gasteiger partial charge on any atom is -0.384 e. The molecule has 2 aromatic heterocycles. The van der Waals surface area contributed by atoms with Crippen molar-refractivity contribution in [3.05, 3.63) is 60.4 Å². The highest BCUT2D eigenvalue weighted by atomic mass is 16.2. The van der Waals surface area contributed by atoms with Gasteiger partial charge in [-0.15, -0.1) is 0 Å². The minimum atomic E-state index is 0.154. The molecule has 7 heteroatoms. The zero-order chi connectivity index (χ0) is 22.6. The fraction of sp³-hybridized carbons (Fsp3) is 0.423. The van der Waals surface area contributed by atoms with Crippen LogP contribution in [0.25, 0.3) is 10.9 Å². The molecule has 1 amide bonds. The third kappa shape index (κ3) is 5.25. The van der Waals surface area contributed by atoms with Crippen LogP contribution in [0.15, 0.2) is 54.9 Å². The summed E-state index contributed by atoms with van der Waals surface area (Å²) in [6.45, 7) is 4.45. The second-order valence-electron chi connectivity index (χ2n) is 9.29. The summed E-state index contributed by atoms with van der Waals surface area (Å²) < 4.78 is 0.